The van der Waals surface area contributed by atoms with Gasteiger partial charge in [0.05, 0.1) is 36.6 Å². The summed E-state index contributed by atoms with van der Waals surface area (Å²) in [5.74, 6) is -1.41. The maximum Gasteiger partial charge on any atom is 0.243 e. The number of carbonyl (C=O) groups excluding carboxylic acids is 2. The first-order valence-corrected chi connectivity index (χ1v) is 11.1. The number of rotatable bonds is 7. The summed E-state index contributed by atoms with van der Waals surface area (Å²) < 4.78 is 29.1. The highest BCUT2D eigenvalue weighted by Crippen LogP contribution is 2.27. The number of aromatic nitrogens is 4. The molecule has 0 radical (unpaired) electrons. The number of pyridine rings is 1. The first-order valence-electron chi connectivity index (χ1n) is 11.1. The van der Waals surface area contributed by atoms with Gasteiger partial charge in [-0.1, -0.05) is 44.2 Å². The topological polar surface area (TPSA) is 104 Å². The van der Waals surface area contributed by atoms with Gasteiger partial charge in [-0.3, -0.25) is 14.6 Å². The molecule has 0 unspecified atom stereocenters. The van der Waals surface area contributed by atoms with Gasteiger partial charge in [-0.05, 0) is 17.5 Å². The molecule has 1 fully saturated rings. The summed E-state index contributed by atoms with van der Waals surface area (Å²) in [5.41, 5.74) is 1.88. The summed E-state index contributed by atoms with van der Waals surface area (Å²) in [6.45, 7) is 3.56. The Labute approximate surface area is 195 Å². The lowest BCUT2D eigenvalue weighted by atomic mass is 9.99. The zero-order chi connectivity index (χ0) is 24.2. The molecule has 0 saturated carbocycles. The minimum Gasteiger partial charge on any atom is -0.342 e. The molecule has 0 bridgehead atoms. The molecule has 2 N–H and O–H groups in total. The van der Waals surface area contributed by atoms with Crippen LogP contribution in [0.1, 0.15) is 54.7 Å². The van der Waals surface area contributed by atoms with Crippen molar-refractivity contribution < 1.29 is 18.4 Å². The number of nitrogens with zero attached hydrogens (tertiary/aromatic N) is 4. The van der Waals surface area contributed by atoms with Crippen molar-refractivity contribution in [1.82, 2.24) is 30.6 Å². The summed E-state index contributed by atoms with van der Waals surface area (Å²) in [5, 5.41) is 12.8. The second-order valence-electron chi connectivity index (χ2n) is 8.67. The third kappa shape index (κ3) is 5.11. The van der Waals surface area contributed by atoms with Crippen molar-refractivity contribution in [1.29, 1.82) is 0 Å². The van der Waals surface area contributed by atoms with E-state index in [4.69, 9.17) is 0 Å². The van der Waals surface area contributed by atoms with Crippen LogP contribution in [-0.2, 0) is 16.0 Å². The van der Waals surface area contributed by atoms with Crippen molar-refractivity contribution in [2.75, 3.05) is 6.54 Å². The van der Waals surface area contributed by atoms with Crippen LogP contribution in [0, 0.1) is 5.82 Å². The monoisotopic (exact) mass is 468 g/mol. The summed E-state index contributed by atoms with van der Waals surface area (Å²) in [6, 6.07) is 8.56. The molecule has 1 saturated heterocycles. The predicted molar refractivity (Wildman–Crippen MR) is 120 cm³/mol. The average Bonchev–Trinajstić information content (AvgIpc) is 3.47. The number of aromatic amines is 1. The van der Waals surface area contributed by atoms with Crippen LogP contribution >= 0.6 is 0 Å². The van der Waals surface area contributed by atoms with E-state index in [2.05, 4.69) is 25.7 Å². The number of carbonyl (C=O) groups is 2. The molecule has 4 rings (SSSR count). The fourth-order valence-corrected chi connectivity index (χ4v) is 4.13. The number of likely N-dealkylation sites (tertiary alicyclic amines) is 1. The minimum atomic E-state index is -1.33. The molecule has 2 amide bonds. The van der Waals surface area contributed by atoms with Gasteiger partial charge >= 0.3 is 0 Å². The lowest BCUT2D eigenvalue weighted by Crippen LogP contribution is -2.47. The van der Waals surface area contributed by atoms with Gasteiger partial charge in [0.2, 0.25) is 11.8 Å². The molecule has 1 aromatic carbocycles. The van der Waals surface area contributed by atoms with E-state index < -0.39 is 35.9 Å². The largest absolute Gasteiger partial charge is 0.342 e. The lowest BCUT2D eigenvalue weighted by molar-refractivity contribution is -0.138. The van der Waals surface area contributed by atoms with Crippen molar-refractivity contribution in [3.8, 4) is 0 Å². The van der Waals surface area contributed by atoms with E-state index in [1.54, 1.807) is 24.3 Å². The Bertz CT molecular complexity index is 1140. The Kier molecular flexibility index (Phi) is 6.95. The predicted octanol–water partition coefficient (Wildman–Crippen LogP) is 2.85. The van der Waals surface area contributed by atoms with Crippen molar-refractivity contribution in [2.45, 2.75) is 50.9 Å². The quantitative estimate of drug-likeness (QED) is 0.555. The molecular weight excluding hydrogens is 442 g/mol. The fourth-order valence-electron chi connectivity index (χ4n) is 4.13. The maximum absolute atomic E-state index is 14.7. The van der Waals surface area contributed by atoms with Gasteiger partial charge in [0, 0.05) is 18.2 Å². The number of nitrogens with one attached hydrogen (secondary N) is 2. The van der Waals surface area contributed by atoms with Crippen LogP contribution < -0.4 is 5.32 Å². The van der Waals surface area contributed by atoms with Gasteiger partial charge in [0.15, 0.2) is 0 Å². The van der Waals surface area contributed by atoms with E-state index in [0.717, 1.165) is 0 Å². The molecule has 3 aromatic rings. The summed E-state index contributed by atoms with van der Waals surface area (Å²) in [6.07, 6.45) is 1.33. The van der Waals surface area contributed by atoms with Gasteiger partial charge in [0.25, 0.3) is 0 Å². The van der Waals surface area contributed by atoms with Gasteiger partial charge in [-0.15, -0.1) is 0 Å². The Hall–Kier alpha value is -3.69. The molecule has 3 heterocycles. The molecular formula is C24H26F2N6O2. The van der Waals surface area contributed by atoms with E-state index >= 15 is 0 Å². The van der Waals surface area contributed by atoms with Crippen LogP contribution in [0.4, 0.5) is 8.78 Å². The van der Waals surface area contributed by atoms with Crippen molar-refractivity contribution in [3.05, 3.63) is 77.1 Å². The Morgan fingerprint density at radius 2 is 2.00 bits per heavy atom. The number of hydrogen-bond donors (Lipinski definition) is 2. The van der Waals surface area contributed by atoms with Crippen molar-refractivity contribution >= 4 is 11.8 Å². The number of benzene rings is 1. The van der Waals surface area contributed by atoms with Crippen LogP contribution in [-0.4, -0.2) is 55.9 Å². The Morgan fingerprint density at radius 1 is 1.24 bits per heavy atom. The molecule has 178 valence electrons. The normalized spacial score (nSPS) is 18.8. The smallest absolute Gasteiger partial charge is 0.243 e. The fraction of sp³-hybridized carbons (Fsp3) is 0.375. The van der Waals surface area contributed by atoms with Crippen LogP contribution in [0.2, 0.25) is 0 Å². The van der Waals surface area contributed by atoms with Crippen LogP contribution in [0.3, 0.4) is 0 Å². The van der Waals surface area contributed by atoms with E-state index in [-0.39, 0.29) is 25.3 Å². The van der Waals surface area contributed by atoms with E-state index in [9.17, 15) is 18.4 Å². The number of halogens is 2. The van der Waals surface area contributed by atoms with E-state index in [0.29, 0.717) is 22.5 Å². The summed E-state index contributed by atoms with van der Waals surface area (Å²) >= 11 is 0. The zero-order valence-electron chi connectivity index (χ0n) is 18.9. The zero-order valence-corrected chi connectivity index (χ0v) is 18.9. The van der Waals surface area contributed by atoms with E-state index in [1.165, 1.54) is 23.4 Å². The van der Waals surface area contributed by atoms with Crippen molar-refractivity contribution in [2.24, 2.45) is 0 Å². The molecule has 34 heavy (non-hydrogen) atoms. The molecule has 10 heteroatoms. The third-order valence-electron chi connectivity index (χ3n) is 5.91. The molecule has 8 nitrogen and oxygen atoms in total. The second kappa shape index (κ2) is 10.1. The SMILES string of the molecule is CC(C)c1cnc([C@@H](NC(=O)[C@@H]2C[C@@H](F)CN2C(=O)Cc2cn[nH]n2)c2ccccc2)cc1F. The Balaban J connectivity index is 1.59. The van der Waals surface area contributed by atoms with Crippen molar-refractivity contribution in [3.63, 3.8) is 0 Å². The highest BCUT2D eigenvalue weighted by atomic mass is 19.1. The maximum atomic E-state index is 14.7. The molecule has 0 spiro atoms. The summed E-state index contributed by atoms with van der Waals surface area (Å²) in [7, 11) is 0. The van der Waals surface area contributed by atoms with Crippen LogP contribution in [0.15, 0.2) is 48.8 Å². The molecule has 0 aliphatic carbocycles. The number of H-pyrrole nitrogens is 1. The van der Waals surface area contributed by atoms with Crippen LogP contribution in [0.25, 0.3) is 0 Å². The first-order chi connectivity index (χ1) is 16.3. The number of hydrogen-bond acceptors (Lipinski definition) is 5. The highest BCUT2D eigenvalue weighted by Gasteiger charge is 2.40. The highest BCUT2D eigenvalue weighted by molar-refractivity contribution is 5.89. The molecule has 2 aromatic heterocycles. The summed E-state index contributed by atoms with van der Waals surface area (Å²) in [4.78, 5) is 31.7. The van der Waals surface area contributed by atoms with Crippen LogP contribution in [0.5, 0.6) is 0 Å². The molecule has 1 aliphatic heterocycles. The average molecular weight is 469 g/mol. The van der Waals surface area contributed by atoms with Gasteiger partial charge < -0.3 is 10.2 Å². The first kappa shape index (κ1) is 23.5. The lowest BCUT2D eigenvalue weighted by Gasteiger charge is -2.26. The number of alkyl halides is 1. The van der Waals surface area contributed by atoms with Gasteiger partial charge in [-0.25, -0.2) is 8.78 Å². The minimum absolute atomic E-state index is 0.0458. The van der Waals surface area contributed by atoms with Gasteiger partial charge in [-0.2, -0.15) is 15.4 Å². The standard InChI is InChI=1S/C24H26F2N6O2/c1-14(2)18-12-27-20(10-19(18)26)23(15-6-4-3-5-7-15)29-24(34)21-8-16(25)13-32(21)22(33)9-17-11-28-31-30-17/h3-7,10-12,14,16,21,23H,8-9,13H2,1-2H3,(H,29,34)(H,28,30,31)/t16-,21+,23+/m1/s1. The van der Waals surface area contributed by atoms with Gasteiger partial charge in [0.1, 0.15) is 18.0 Å². The third-order valence-corrected chi connectivity index (χ3v) is 5.91. The van der Waals surface area contributed by atoms with E-state index in [1.807, 2.05) is 19.9 Å². The number of amides is 2. The second-order valence-corrected chi connectivity index (χ2v) is 8.67. The Morgan fingerprint density at radius 3 is 2.65 bits per heavy atom. The molecule has 1 aliphatic rings. The molecule has 3 atom stereocenters.